The molecular weight excluding hydrogens is 240 g/mol. The first-order valence-corrected chi connectivity index (χ1v) is 6.07. The van der Waals surface area contributed by atoms with E-state index in [-0.39, 0.29) is 0 Å². The van der Waals surface area contributed by atoms with Crippen LogP contribution in [-0.2, 0) is 0 Å². The van der Waals surface area contributed by atoms with E-state index in [9.17, 15) is 0 Å². The highest BCUT2D eigenvalue weighted by Crippen LogP contribution is 2.20. The zero-order chi connectivity index (χ0) is 13.0. The van der Waals surface area contributed by atoms with Crippen LogP contribution in [0.15, 0.2) is 55.1 Å². The van der Waals surface area contributed by atoms with Crippen LogP contribution in [0.2, 0.25) is 5.02 Å². The molecule has 0 radical (unpaired) electrons. The minimum Gasteiger partial charge on any atom is -0.0955 e. The van der Waals surface area contributed by atoms with Gasteiger partial charge in [-0.1, -0.05) is 54.3 Å². The van der Waals surface area contributed by atoms with Crippen molar-refractivity contribution in [3.8, 4) is 11.8 Å². The SMILES string of the molecule is C=C(C)c1ccc(Cl)cc1C#Cc1ccccc1. The lowest BCUT2D eigenvalue weighted by atomic mass is 10.0. The monoisotopic (exact) mass is 252 g/mol. The van der Waals surface area contributed by atoms with Crippen LogP contribution in [0.5, 0.6) is 0 Å². The predicted molar refractivity (Wildman–Crippen MR) is 78.6 cm³/mol. The van der Waals surface area contributed by atoms with Crippen molar-refractivity contribution in [1.82, 2.24) is 0 Å². The van der Waals surface area contributed by atoms with Gasteiger partial charge < -0.3 is 0 Å². The van der Waals surface area contributed by atoms with E-state index in [0.29, 0.717) is 5.02 Å². The number of benzene rings is 2. The average Bonchev–Trinajstić information content (AvgIpc) is 2.37. The molecule has 1 heteroatoms. The molecular formula is C17H13Cl. The molecule has 0 amide bonds. The van der Waals surface area contributed by atoms with Crippen LogP contribution in [0.3, 0.4) is 0 Å². The van der Waals surface area contributed by atoms with Crippen LogP contribution in [-0.4, -0.2) is 0 Å². The van der Waals surface area contributed by atoms with Crippen LogP contribution in [0.25, 0.3) is 5.57 Å². The number of rotatable bonds is 1. The normalized spacial score (nSPS) is 9.44. The summed E-state index contributed by atoms with van der Waals surface area (Å²) >= 11 is 6.01. The van der Waals surface area contributed by atoms with Crippen molar-refractivity contribution >= 4 is 17.2 Å². The van der Waals surface area contributed by atoms with Gasteiger partial charge in [-0.25, -0.2) is 0 Å². The molecule has 0 atom stereocenters. The first-order chi connectivity index (χ1) is 8.66. The lowest BCUT2D eigenvalue weighted by molar-refractivity contribution is 1.53. The Morgan fingerprint density at radius 3 is 2.44 bits per heavy atom. The fourth-order valence-corrected chi connectivity index (χ4v) is 1.83. The molecule has 0 aliphatic rings. The van der Waals surface area contributed by atoms with E-state index < -0.39 is 0 Å². The molecule has 0 aliphatic carbocycles. The summed E-state index contributed by atoms with van der Waals surface area (Å²) in [6.45, 7) is 5.93. The van der Waals surface area contributed by atoms with Crippen molar-refractivity contribution in [1.29, 1.82) is 0 Å². The number of hydrogen-bond donors (Lipinski definition) is 0. The van der Waals surface area contributed by atoms with E-state index in [1.54, 1.807) is 0 Å². The van der Waals surface area contributed by atoms with Gasteiger partial charge in [0.05, 0.1) is 0 Å². The van der Waals surface area contributed by atoms with E-state index in [0.717, 1.165) is 22.3 Å². The molecule has 0 saturated heterocycles. The maximum absolute atomic E-state index is 6.01. The van der Waals surface area contributed by atoms with Crippen LogP contribution in [0.1, 0.15) is 23.6 Å². The number of allylic oxidation sites excluding steroid dienone is 1. The third kappa shape index (κ3) is 3.03. The van der Waals surface area contributed by atoms with Crippen LogP contribution in [0.4, 0.5) is 0 Å². The van der Waals surface area contributed by atoms with Crippen LogP contribution in [0, 0.1) is 11.8 Å². The highest BCUT2D eigenvalue weighted by molar-refractivity contribution is 6.30. The second kappa shape index (κ2) is 5.58. The molecule has 0 spiro atoms. The van der Waals surface area contributed by atoms with Crippen molar-refractivity contribution in [2.45, 2.75) is 6.92 Å². The van der Waals surface area contributed by atoms with Gasteiger partial charge in [0, 0.05) is 16.1 Å². The number of hydrogen-bond acceptors (Lipinski definition) is 0. The first kappa shape index (κ1) is 12.5. The molecule has 0 unspecified atom stereocenters. The third-order valence-electron chi connectivity index (χ3n) is 2.56. The van der Waals surface area contributed by atoms with Crippen molar-refractivity contribution in [3.05, 3.63) is 76.8 Å². The Bertz CT molecular complexity index is 628. The summed E-state index contributed by atoms with van der Waals surface area (Å²) < 4.78 is 0. The molecule has 88 valence electrons. The summed E-state index contributed by atoms with van der Waals surface area (Å²) in [5.74, 6) is 6.29. The zero-order valence-electron chi connectivity index (χ0n) is 10.2. The highest BCUT2D eigenvalue weighted by atomic mass is 35.5. The topological polar surface area (TPSA) is 0 Å². The molecule has 0 bridgehead atoms. The van der Waals surface area contributed by atoms with Crippen molar-refractivity contribution < 1.29 is 0 Å². The van der Waals surface area contributed by atoms with E-state index in [4.69, 9.17) is 11.6 Å². The molecule has 2 rings (SSSR count). The van der Waals surface area contributed by atoms with Gasteiger partial charge in [-0.2, -0.15) is 0 Å². The van der Waals surface area contributed by atoms with Gasteiger partial charge in [0.15, 0.2) is 0 Å². The Labute approximate surface area is 113 Å². The van der Waals surface area contributed by atoms with E-state index in [1.165, 1.54) is 0 Å². The molecule has 0 N–H and O–H groups in total. The van der Waals surface area contributed by atoms with E-state index in [2.05, 4.69) is 18.4 Å². The van der Waals surface area contributed by atoms with E-state index >= 15 is 0 Å². The molecule has 0 nitrogen and oxygen atoms in total. The maximum Gasteiger partial charge on any atom is 0.0418 e. The second-order valence-corrected chi connectivity index (χ2v) is 4.52. The minimum atomic E-state index is 0.692. The predicted octanol–water partition coefficient (Wildman–Crippen LogP) is 4.77. The maximum atomic E-state index is 6.01. The van der Waals surface area contributed by atoms with Crippen molar-refractivity contribution in [3.63, 3.8) is 0 Å². The first-order valence-electron chi connectivity index (χ1n) is 5.69. The zero-order valence-corrected chi connectivity index (χ0v) is 11.0. The lowest BCUT2D eigenvalue weighted by Gasteiger charge is -2.03. The Kier molecular flexibility index (Phi) is 3.87. The summed E-state index contributed by atoms with van der Waals surface area (Å²) in [4.78, 5) is 0. The van der Waals surface area contributed by atoms with Crippen molar-refractivity contribution in [2.24, 2.45) is 0 Å². The van der Waals surface area contributed by atoms with Gasteiger partial charge in [-0.15, -0.1) is 0 Å². The Morgan fingerprint density at radius 2 is 1.78 bits per heavy atom. The molecule has 18 heavy (non-hydrogen) atoms. The van der Waals surface area contributed by atoms with Gasteiger partial charge in [0.2, 0.25) is 0 Å². The second-order valence-electron chi connectivity index (χ2n) is 4.09. The molecule has 0 fully saturated rings. The Hall–Kier alpha value is -1.97. The van der Waals surface area contributed by atoms with Crippen LogP contribution < -0.4 is 0 Å². The summed E-state index contributed by atoms with van der Waals surface area (Å²) in [7, 11) is 0. The van der Waals surface area contributed by atoms with Gasteiger partial charge >= 0.3 is 0 Å². The minimum absolute atomic E-state index is 0.692. The molecule has 0 heterocycles. The number of halogens is 1. The summed E-state index contributed by atoms with van der Waals surface area (Å²) in [5.41, 5.74) is 3.94. The molecule has 2 aromatic carbocycles. The fraction of sp³-hybridized carbons (Fsp3) is 0.0588. The van der Waals surface area contributed by atoms with Gasteiger partial charge in [0.25, 0.3) is 0 Å². The molecule has 2 aromatic rings. The highest BCUT2D eigenvalue weighted by Gasteiger charge is 2.01. The molecule has 0 aliphatic heterocycles. The van der Waals surface area contributed by atoms with Crippen molar-refractivity contribution in [2.75, 3.05) is 0 Å². The van der Waals surface area contributed by atoms with Gasteiger partial charge in [0.1, 0.15) is 0 Å². The van der Waals surface area contributed by atoms with Gasteiger partial charge in [-0.3, -0.25) is 0 Å². The quantitative estimate of drug-likeness (QED) is 0.641. The van der Waals surface area contributed by atoms with Gasteiger partial charge in [-0.05, 0) is 42.3 Å². The van der Waals surface area contributed by atoms with E-state index in [1.807, 2.05) is 55.5 Å². The smallest absolute Gasteiger partial charge is 0.0418 e. The standard InChI is InChI=1S/C17H13Cl/c1-13(2)17-11-10-16(18)12-15(17)9-8-14-6-4-3-5-7-14/h3-7,10-12H,1H2,2H3. The fourth-order valence-electron chi connectivity index (χ4n) is 1.65. The summed E-state index contributed by atoms with van der Waals surface area (Å²) in [6.07, 6.45) is 0. The molecule has 0 saturated carbocycles. The Balaban J connectivity index is 2.43. The Morgan fingerprint density at radius 1 is 1.06 bits per heavy atom. The largest absolute Gasteiger partial charge is 0.0955 e. The third-order valence-corrected chi connectivity index (χ3v) is 2.79. The lowest BCUT2D eigenvalue weighted by Crippen LogP contribution is -1.86. The van der Waals surface area contributed by atoms with Crippen LogP contribution >= 0.6 is 11.6 Å². The average molecular weight is 253 g/mol. The molecule has 0 aromatic heterocycles. The summed E-state index contributed by atoms with van der Waals surface area (Å²) in [6, 6.07) is 15.6. The summed E-state index contributed by atoms with van der Waals surface area (Å²) in [5, 5.41) is 0.692.